The van der Waals surface area contributed by atoms with Crippen molar-refractivity contribution >= 4 is 38.7 Å². The van der Waals surface area contributed by atoms with Gasteiger partial charge in [-0.3, -0.25) is 0 Å². The molecule has 1 atom stereocenters. The lowest BCUT2D eigenvalue weighted by atomic mass is 10.3. The second-order valence-corrected chi connectivity index (χ2v) is 5.22. The quantitative estimate of drug-likeness (QED) is 0.786. The highest BCUT2D eigenvalue weighted by Gasteiger charge is 2.16. The molecule has 0 aliphatic heterocycles. The monoisotopic (exact) mass is 331 g/mol. The van der Waals surface area contributed by atoms with Crippen LogP contribution in [0.25, 0.3) is 11.2 Å². The van der Waals surface area contributed by atoms with Gasteiger partial charge >= 0.3 is 0 Å². The van der Waals surface area contributed by atoms with Gasteiger partial charge in [-0.1, -0.05) is 0 Å². The molecule has 0 aliphatic rings. The molecule has 0 aromatic carbocycles. The van der Waals surface area contributed by atoms with Gasteiger partial charge in [0.25, 0.3) is 0 Å². The van der Waals surface area contributed by atoms with E-state index in [2.05, 4.69) is 32.8 Å². The smallest absolute Gasteiger partial charge is 0.160 e. The molecule has 0 saturated heterocycles. The van der Waals surface area contributed by atoms with E-state index in [4.69, 9.17) is 16.3 Å². The number of pyridine rings is 1. The van der Waals surface area contributed by atoms with Gasteiger partial charge < -0.3 is 9.30 Å². The molecule has 0 bridgehead atoms. The minimum atomic E-state index is 0.164. The minimum Gasteiger partial charge on any atom is -0.380 e. The lowest BCUT2D eigenvalue weighted by Gasteiger charge is -2.16. The Kier molecular flexibility index (Phi) is 4.59. The van der Waals surface area contributed by atoms with Crippen molar-refractivity contribution in [2.45, 2.75) is 25.8 Å². The number of hydrogen-bond acceptors (Lipinski definition) is 3. The molecule has 0 amide bonds. The molecule has 0 aliphatic carbocycles. The Hall–Kier alpha value is -0.650. The standard InChI is InChI=1S/C12H15BrClN3O/c1-3-18-7-8(2)17-11(5-14)16-10-4-9(13)6-15-12(10)17/h4,6,8H,3,5,7H2,1-2H3. The number of ether oxygens (including phenoxy) is 1. The summed E-state index contributed by atoms with van der Waals surface area (Å²) in [4.78, 5) is 8.92. The third-order valence-corrected chi connectivity index (χ3v) is 3.37. The number of aromatic nitrogens is 3. The van der Waals surface area contributed by atoms with E-state index >= 15 is 0 Å². The Morgan fingerprint density at radius 1 is 1.56 bits per heavy atom. The molecule has 18 heavy (non-hydrogen) atoms. The third-order valence-electron chi connectivity index (χ3n) is 2.69. The van der Waals surface area contributed by atoms with Crippen LogP contribution in [0.15, 0.2) is 16.7 Å². The van der Waals surface area contributed by atoms with E-state index in [1.54, 1.807) is 6.20 Å². The van der Waals surface area contributed by atoms with Gasteiger partial charge in [-0.15, -0.1) is 11.6 Å². The topological polar surface area (TPSA) is 39.9 Å². The van der Waals surface area contributed by atoms with Crippen molar-refractivity contribution in [1.29, 1.82) is 0 Å². The van der Waals surface area contributed by atoms with Crippen LogP contribution in [0.1, 0.15) is 25.7 Å². The van der Waals surface area contributed by atoms with Crippen LogP contribution in [0, 0.1) is 0 Å². The lowest BCUT2D eigenvalue weighted by Crippen LogP contribution is -2.15. The Morgan fingerprint density at radius 2 is 2.33 bits per heavy atom. The molecule has 0 radical (unpaired) electrons. The fourth-order valence-corrected chi connectivity index (χ4v) is 2.43. The summed E-state index contributed by atoms with van der Waals surface area (Å²) in [7, 11) is 0. The van der Waals surface area contributed by atoms with E-state index in [9.17, 15) is 0 Å². The SMILES string of the molecule is CCOCC(C)n1c(CCl)nc2cc(Br)cnc21. The highest BCUT2D eigenvalue weighted by molar-refractivity contribution is 9.10. The molecule has 98 valence electrons. The number of nitrogens with zero attached hydrogens (tertiary/aromatic N) is 3. The molecule has 4 nitrogen and oxygen atoms in total. The zero-order valence-corrected chi connectivity index (χ0v) is 12.7. The number of alkyl halides is 1. The first kappa shape index (κ1) is 13.8. The highest BCUT2D eigenvalue weighted by atomic mass is 79.9. The van der Waals surface area contributed by atoms with Gasteiger partial charge in [0.15, 0.2) is 5.65 Å². The van der Waals surface area contributed by atoms with Crippen LogP contribution >= 0.6 is 27.5 Å². The summed E-state index contributed by atoms with van der Waals surface area (Å²) >= 11 is 9.36. The van der Waals surface area contributed by atoms with Gasteiger partial charge in [-0.05, 0) is 35.8 Å². The predicted molar refractivity (Wildman–Crippen MR) is 76.0 cm³/mol. The van der Waals surface area contributed by atoms with Crippen molar-refractivity contribution in [1.82, 2.24) is 14.5 Å². The lowest BCUT2D eigenvalue weighted by molar-refractivity contribution is 0.119. The van der Waals surface area contributed by atoms with Crippen LogP contribution in [0.5, 0.6) is 0 Å². The van der Waals surface area contributed by atoms with Crippen molar-refractivity contribution in [3.05, 3.63) is 22.6 Å². The molecule has 2 aromatic rings. The highest BCUT2D eigenvalue weighted by Crippen LogP contribution is 2.23. The van der Waals surface area contributed by atoms with Gasteiger partial charge in [0.05, 0.1) is 18.5 Å². The zero-order valence-electron chi connectivity index (χ0n) is 10.4. The van der Waals surface area contributed by atoms with Crippen LogP contribution in [0.4, 0.5) is 0 Å². The third kappa shape index (κ3) is 2.68. The van der Waals surface area contributed by atoms with Crippen molar-refractivity contribution in [2.75, 3.05) is 13.2 Å². The fraction of sp³-hybridized carbons (Fsp3) is 0.500. The van der Waals surface area contributed by atoms with Gasteiger partial charge in [0, 0.05) is 17.3 Å². The van der Waals surface area contributed by atoms with Crippen molar-refractivity contribution < 1.29 is 4.74 Å². The molecule has 0 saturated carbocycles. The molecule has 0 fully saturated rings. The first-order valence-corrected chi connectivity index (χ1v) is 7.16. The fourth-order valence-electron chi connectivity index (χ4n) is 1.92. The van der Waals surface area contributed by atoms with Gasteiger partial charge in [0.2, 0.25) is 0 Å². The molecular formula is C12H15BrClN3O. The first-order valence-electron chi connectivity index (χ1n) is 5.83. The molecular weight excluding hydrogens is 318 g/mol. The van der Waals surface area contributed by atoms with Crippen molar-refractivity contribution in [3.63, 3.8) is 0 Å². The Bertz CT molecular complexity index is 543. The van der Waals surface area contributed by atoms with E-state index in [1.807, 2.05) is 17.6 Å². The summed E-state index contributed by atoms with van der Waals surface area (Å²) in [6.45, 7) is 5.39. The molecule has 1 unspecified atom stereocenters. The summed E-state index contributed by atoms with van der Waals surface area (Å²) in [5.41, 5.74) is 1.70. The second-order valence-electron chi connectivity index (χ2n) is 4.04. The maximum Gasteiger partial charge on any atom is 0.160 e. The van der Waals surface area contributed by atoms with Crippen molar-refractivity contribution in [3.8, 4) is 0 Å². The van der Waals surface area contributed by atoms with Gasteiger partial charge in [0.1, 0.15) is 11.3 Å². The van der Waals surface area contributed by atoms with Crippen LogP contribution in [0.3, 0.4) is 0 Å². The Labute approximate surface area is 119 Å². The summed E-state index contributed by atoms with van der Waals surface area (Å²) in [5, 5.41) is 0. The summed E-state index contributed by atoms with van der Waals surface area (Å²) in [5.74, 6) is 1.19. The van der Waals surface area contributed by atoms with Crippen LogP contribution in [-0.4, -0.2) is 27.7 Å². The maximum absolute atomic E-state index is 5.96. The number of hydrogen-bond donors (Lipinski definition) is 0. The largest absolute Gasteiger partial charge is 0.380 e. The molecule has 2 heterocycles. The van der Waals surface area contributed by atoms with E-state index in [-0.39, 0.29) is 6.04 Å². The van der Waals surface area contributed by atoms with Crippen molar-refractivity contribution in [2.24, 2.45) is 0 Å². The first-order chi connectivity index (χ1) is 8.67. The molecule has 2 aromatic heterocycles. The number of fused-ring (bicyclic) bond motifs is 1. The van der Waals surface area contributed by atoms with Crippen LogP contribution < -0.4 is 0 Å². The van der Waals surface area contributed by atoms with E-state index < -0.39 is 0 Å². The average molecular weight is 333 g/mol. The number of halogens is 2. The average Bonchev–Trinajstić information content (AvgIpc) is 2.73. The van der Waals surface area contributed by atoms with Gasteiger partial charge in [-0.25, -0.2) is 9.97 Å². The molecule has 6 heteroatoms. The minimum absolute atomic E-state index is 0.164. The predicted octanol–water partition coefficient (Wildman–Crippen LogP) is 3.53. The normalized spacial score (nSPS) is 13.1. The Balaban J connectivity index is 2.46. The summed E-state index contributed by atoms with van der Waals surface area (Å²) in [6.07, 6.45) is 1.77. The van der Waals surface area contributed by atoms with Gasteiger partial charge in [-0.2, -0.15) is 0 Å². The Morgan fingerprint density at radius 3 is 3.00 bits per heavy atom. The van der Waals surface area contributed by atoms with E-state index in [1.165, 1.54) is 0 Å². The maximum atomic E-state index is 5.96. The molecule has 0 N–H and O–H groups in total. The van der Waals surface area contributed by atoms with Crippen LogP contribution in [-0.2, 0) is 10.6 Å². The zero-order chi connectivity index (χ0) is 13.1. The number of rotatable bonds is 5. The molecule has 2 rings (SSSR count). The van der Waals surface area contributed by atoms with E-state index in [0.29, 0.717) is 19.1 Å². The van der Waals surface area contributed by atoms with E-state index in [0.717, 1.165) is 21.5 Å². The number of imidazole rings is 1. The molecule has 0 spiro atoms. The summed E-state index contributed by atoms with van der Waals surface area (Å²) in [6, 6.07) is 2.11. The van der Waals surface area contributed by atoms with Crippen LogP contribution in [0.2, 0.25) is 0 Å². The summed E-state index contributed by atoms with van der Waals surface area (Å²) < 4.78 is 8.42. The second kappa shape index (κ2) is 5.99.